The lowest BCUT2D eigenvalue weighted by atomic mass is 10.0. The number of fused-ring (bicyclic) bond motifs is 6. The predicted octanol–water partition coefficient (Wildman–Crippen LogP) is 10.5. The van der Waals surface area contributed by atoms with Gasteiger partial charge in [-0.1, -0.05) is 103 Å². The Labute approximate surface area is 229 Å². The van der Waals surface area contributed by atoms with Gasteiger partial charge in [-0.25, -0.2) is 0 Å². The normalized spacial score (nSPS) is 11.6. The number of hydrogen-bond acceptors (Lipinski definition) is 4. The van der Waals surface area contributed by atoms with Crippen LogP contribution in [0.1, 0.15) is 0 Å². The van der Waals surface area contributed by atoms with Gasteiger partial charge >= 0.3 is 6.01 Å². The Morgan fingerprint density at radius 1 is 0.590 bits per heavy atom. The average Bonchev–Trinajstić information content (AvgIpc) is 3.59. The van der Waals surface area contributed by atoms with Gasteiger partial charge in [0.1, 0.15) is 5.52 Å². The SMILES string of the molecule is c1ccc(-c2ccccc2N(c2ccc3c(c2)sc2ccccc23)c2nc3ccc4ccccc4c3o2)cc1. The first-order valence-corrected chi connectivity index (χ1v) is 13.8. The molecule has 8 aromatic rings. The van der Waals surface area contributed by atoms with Crippen molar-refractivity contribution in [2.45, 2.75) is 0 Å². The molecule has 0 aliphatic carbocycles. The first-order valence-electron chi connectivity index (χ1n) is 13.0. The largest absolute Gasteiger partial charge is 0.422 e. The van der Waals surface area contributed by atoms with E-state index in [1.807, 2.05) is 35.6 Å². The molecule has 0 spiro atoms. The maximum Gasteiger partial charge on any atom is 0.307 e. The topological polar surface area (TPSA) is 29.3 Å². The molecule has 0 bridgehead atoms. The number of nitrogens with zero attached hydrogens (tertiary/aromatic N) is 2. The van der Waals surface area contributed by atoms with Gasteiger partial charge in [-0.05, 0) is 41.3 Å². The van der Waals surface area contributed by atoms with Crippen LogP contribution in [-0.2, 0) is 0 Å². The Hall–Kier alpha value is -4.93. The third-order valence-corrected chi connectivity index (χ3v) is 8.44. The highest BCUT2D eigenvalue weighted by Gasteiger charge is 2.23. The summed E-state index contributed by atoms with van der Waals surface area (Å²) in [5.41, 5.74) is 5.92. The minimum atomic E-state index is 0.546. The molecule has 0 atom stereocenters. The number of thiophene rings is 1. The van der Waals surface area contributed by atoms with Gasteiger partial charge in [0, 0.05) is 31.1 Å². The van der Waals surface area contributed by atoms with Gasteiger partial charge in [-0.2, -0.15) is 4.98 Å². The standard InChI is InChI=1S/C35H22N2OS/c1-2-10-23(11-3-1)26-13-6-8-16-31(26)37(25-19-20-29-28-15-7-9-17-32(28)39-33(29)22-25)35-36-30-21-18-24-12-4-5-14-27(24)34(30)38-35/h1-22H. The molecule has 39 heavy (non-hydrogen) atoms. The zero-order valence-corrected chi connectivity index (χ0v) is 21.7. The molecule has 0 saturated carbocycles. The number of aromatic nitrogens is 1. The van der Waals surface area contributed by atoms with Gasteiger partial charge < -0.3 is 4.42 Å². The minimum Gasteiger partial charge on any atom is -0.422 e. The molecule has 6 aromatic carbocycles. The molecule has 0 radical (unpaired) electrons. The molecule has 8 rings (SSSR count). The summed E-state index contributed by atoms with van der Waals surface area (Å²) in [5.74, 6) is 0. The fourth-order valence-electron chi connectivity index (χ4n) is 5.48. The lowest BCUT2D eigenvalue weighted by Crippen LogP contribution is -2.11. The summed E-state index contributed by atoms with van der Waals surface area (Å²) in [5, 5.41) is 4.74. The molecule has 184 valence electrons. The van der Waals surface area contributed by atoms with Gasteiger partial charge in [0.25, 0.3) is 0 Å². The molecular formula is C35H22N2OS. The van der Waals surface area contributed by atoms with Crippen molar-refractivity contribution in [1.82, 2.24) is 4.98 Å². The summed E-state index contributed by atoms with van der Waals surface area (Å²) in [7, 11) is 0. The van der Waals surface area contributed by atoms with E-state index in [4.69, 9.17) is 9.40 Å². The van der Waals surface area contributed by atoms with Crippen LogP contribution >= 0.6 is 11.3 Å². The van der Waals surface area contributed by atoms with E-state index < -0.39 is 0 Å². The summed E-state index contributed by atoms with van der Waals surface area (Å²) in [6.07, 6.45) is 0. The fourth-order valence-corrected chi connectivity index (χ4v) is 6.62. The van der Waals surface area contributed by atoms with Crippen molar-refractivity contribution in [3.63, 3.8) is 0 Å². The maximum atomic E-state index is 6.63. The molecular weight excluding hydrogens is 496 g/mol. The Kier molecular flexibility index (Phi) is 5.00. The van der Waals surface area contributed by atoms with E-state index in [1.54, 1.807) is 0 Å². The van der Waals surface area contributed by atoms with Crippen molar-refractivity contribution in [2.24, 2.45) is 0 Å². The monoisotopic (exact) mass is 518 g/mol. The molecule has 0 aliphatic heterocycles. The number of hydrogen-bond donors (Lipinski definition) is 0. The van der Waals surface area contributed by atoms with Crippen molar-refractivity contribution >= 4 is 70.8 Å². The van der Waals surface area contributed by atoms with Gasteiger partial charge in [-0.3, -0.25) is 4.90 Å². The second-order valence-corrected chi connectivity index (χ2v) is 10.7. The number of rotatable bonds is 4. The molecule has 2 heterocycles. The number of anilines is 3. The highest BCUT2D eigenvalue weighted by Crippen LogP contribution is 2.44. The average molecular weight is 519 g/mol. The van der Waals surface area contributed by atoms with Crippen LogP contribution < -0.4 is 4.90 Å². The third kappa shape index (κ3) is 3.61. The van der Waals surface area contributed by atoms with E-state index in [2.05, 4.69) is 114 Å². The number of oxazole rings is 1. The molecule has 0 N–H and O–H groups in total. The van der Waals surface area contributed by atoms with Gasteiger partial charge in [0.2, 0.25) is 0 Å². The third-order valence-electron chi connectivity index (χ3n) is 7.31. The highest BCUT2D eigenvalue weighted by molar-refractivity contribution is 7.25. The summed E-state index contributed by atoms with van der Waals surface area (Å²) in [4.78, 5) is 7.19. The van der Waals surface area contributed by atoms with Gasteiger partial charge in [0.15, 0.2) is 5.58 Å². The van der Waals surface area contributed by atoms with Crippen LogP contribution in [0, 0.1) is 0 Å². The zero-order chi connectivity index (χ0) is 25.8. The summed E-state index contributed by atoms with van der Waals surface area (Å²) < 4.78 is 9.15. The molecule has 4 heteroatoms. The van der Waals surface area contributed by atoms with Crippen LogP contribution in [0.2, 0.25) is 0 Å². The van der Waals surface area contributed by atoms with E-state index in [1.165, 1.54) is 20.2 Å². The molecule has 0 amide bonds. The van der Waals surface area contributed by atoms with E-state index in [9.17, 15) is 0 Å². The van der Waals surface area contributed by atoms with E-state index >= 15 is 0 Å². The van der Waals surface area contributed by atoms with Crippen molar-refractivity contribution in [3.05, 3.63) is 133 Å². The zero-order valence-electron chi connectivity index (χ0n) is 20.9. The Bertz CT molecular complexity index is 2140. The first-order chi connectivity index (χ1) is 19.3. The van der Waals surface area contributed by atoms with Crippen LogP contribution in [0.25, 0.3) is 53.2 Å². The first kappa shape index (κ1) is 22.1. The summed E-state index contributed by atoms with van der Waals surface area (Å²) >= 11 is 1.81. The lowest BCUT2D eigenvalue weighted by Gasteiger charge is -2.24. The number of benzene rings is 6. The van der Waals surface area contributed by atoms with E-state index in [0.29, 0.717) is 6.01 Å². The van der Waals surface area contributed by atoms with Crippen LogP contribution in [-0.4, -0.2) is 4.98 Å². The van der Waals surface area contributed by atoms with Crippen molar-refractivity contribution in [3.8, 4) is 11.1 Å². The smallest absolute Gasteiger partial charge is 0.307 e. The van der Waals surface area contributed by atoms with Gasteiger partial charge in [0.05, 0.1) is 11.4 Å². The van der Waals surface area contributed by atoms with Gasteiger partial charge in [-0.15, -0.1) is 11.3 Å². The van der Waals surface area contributed by atoms with Crippen LogP contribution in [0.4, 0.5) is 17.4 Å². The minimum absolute atomic E-state index is 0.546. The summed E-state index contributed by atoms with van der Waals surface area (Å²) in [6.45, 7) is 0. The van der Waals surface area contributed by atoms with Crippen molar-refractivity contribution in [2.75, 3.05) is 4.90 Å². The Balaban J connectivity index is 1.40. The molecule has 3 nitrogen and oxygen atoms in total. The van der Waals surface area contributed by atoms with E-state index in [-0.39, 0.29) is 0 Å². The molecule has 2 aromatic heterocycles. The summed E-state index contributed by atoms with van der Waals surface area (Å²) in [6, 6.07) is 47.2. The molecule has 0 saturated heterocycles. The van der Waals surface area contributed by atoms with Crippen LogP contribution in [0.5, 0.6) is 0 Å². The maximum absolute atomic E-state index is 6.63. The molecule has 0 aliphatic rings. The highest BCUT2D eigenvalue weighted by atomic mass is 32.1. The molecule has 0 fully saturated rings. The van der Waals surface area contributed by atoms with Crippen molar-refractivity contribution in [1.29, 1.82) is 0 Å². The van der Waals surface area contributed by atoms with Crippen LogP contribution in [0.3, 0.4) is 0 Å². The van der Waals surface area contributed by atoms with E-state index in [0.717, 1.165) is 44.4 Å². The predicted molar refractivity (Wildman–Crippen MR) is 165 cm³/mol. The second-order valence-electron chi connectivity index (χ2n) is 9.63. The quantitative estimate of drug-likeness (QED) is 0.232. The Morgan fingerprint density at radius 3 is 2.26 bits per heavy atom. The van der Waals surface area contributed by atoms with Crippen molar-refractivity contribution < 1.29 is 4.42 Å². The fraction of sp³-hybridized carbons (Fsp3) is 0. The lowest BCUT2D eigenvalue weighted by molar-refractivity contribution is 0.611. The second kappa shape index (κ2) is 8.83. The Morgan fingerprint density at radius 2 is 1.33 bits per heavy atom. The van der Waals surface area contributed by atoms with Crippen LogP contribution in [0.15, 0.2) is 138 Å². The molecule has 0 unspecified atom stereocenters. The number of para-hydroxylation sites is 1.